The molecule has 2 nitrogen and oxygen atoms in total. The summed E-state index contributed by atoms with van der Waals surface area (Å²) in [6.07, 6.45) is 3.26. The number of rotatable bonds is 2. The lowest BCUT2D eigenvalue weighted by atomic mass is 9.77. The van der Waals surface area contributed by atoms with Gasteiger partial charge in [-0.1, -0.05) is 0 Å². The third-order valence-electron chi connectivity index (χ3n) is 1.99. The van der Waals surface area contributed by atoms with Gasteiger partial charge in [-0.2, -0.15) is 5.26 Å². The van der Waals surface area contributed by atoms with Crippen molar-refractivity contribution in [2.24, 2.45) is 0 Å². The average molecular weight is 138 g/mol. The second-order valence-corrected chi connectivity index (χ2v) is 3.35. The highest BCUT2D eigenvalue weighted by Crippen LogP contribution is 2.31. The molecule has 1 fully saturated rings. The molecule has 2 heteroatoms. The first kappa shape index (κ1) is 7.56. The van der Waals surface area contributed by atoms with Gasteiger partial charge in [0.2, 0.25) is 0 Å². The maximum atomic E-state index is 8.77. The summed E-state index contributed by atoms with van der Waals surface area (Å²) in [7, 11) is 0. The summed E-state index contributed by atoms with van der Waals surface area (Å²) in [5.74, 6) is 0. The molecule has 0 unspecified atom stereocenters. The van der Waals surface area contributed by atoms with E-state index in [0.717, 1.165) is 12.8 Å². The van der Waals surface area contributed by atoms with Gasteiger partial charge in [-0.3, -0.25) is 5.32 Å². The van der Waals surface area contributed by atoms with Gasteiger partial charge in [-0.25, -0.2) is 0 Å². The second kappa shape index (κ2) is 2.59. The minimum atomic E-state index is -0.159. The van der Waals surface area contributed by atoms with Crippen LogP contribution in [-0.4, -0.2) is 11.6 Å². The Morgan fingerprint density at radius 2 is 2.10 bits per heavy atom. The molecule has 1 rings (SSSR count). The number of hydrogen-bond acceptors (Lipinski definition) is 2. The molecule has 0 amide bonds. The Morgan fingerprint density at radius 3 is 2.20 bits per heavy atom. The van der Waals surface area contributed by atoms with Crippen LogP contribution in [0.4, 0.5) is 0 Å². The molecule has 0 bridgehead atoms. The summed E-state index contributed by atoms with van der Waals surface area (Å²) in [5, 5.41) is 12.1. The molecule has 10 heavy (non-hydrogen) atoms. The van der Waals surface area contributed by atoms with Crippen molar-refractivity contribution >= 4 is 0 Å². The van der Waals surface area contributed by atoms with Crippen LogP contribution in [0, 0.1) is 11.3 Å². The Labute approximate surface area is 62.2 Å². The Balaban J connectivity index is 2.43. The van der Waals surface area contributed by atoms with Crippen molar-refractivity contribution in [3.8, 4) is 6.07 Å². The highest BCUT2D eigenvalue weighted by atomic mass is 15.0. The molecule has 0 spiro atoms. The lowest BCUT2D eigenvalue weighted by Crippen LogP contribution is -2.52. The molecular formula is C8H14N2. The third-order valence-corrected chi connectivity index (χ3v) is 1.99. The van der Waals surface area contributed by atoms with Crippen LogP contribution in [0.5, 0.6) is 0 Å². The van der Waals surface area contributed by atoms with Gasteiger partial charge >= 0.3 is 0 Å². The van der Waals surface area contributed by atoms with E-state index in [1.807, 2.05) is 0 Å². The third kappa shape index (κ3) is 1.30. The smallest absolute Gasteiger partial charge is 0.106 e. The van der Waals surface area contributed by atoms with Crippen molar-refractivity contribution in [1.29, 1.82) is 5.26 Å². The summed E-state index contributed by atoms with van der Waals surface area (Å²) in [6, 6.07) is 2.77. The monoisotopic (exact) mass is 138 g/mol. The van der Waals surface area contributed by atoms with Crippen LogP contribution in [0.1, 0.15) is 33.1 Å². The second-order valence-electron chi connectivity index (χ2n) is 3.35. The van der Waals surface area contributed by atoms with Gasteiger partial charge in [0.05, 0.1) is 6.07 Å². The summed E-state index contributed by atoms with van der Waals surface area (Å²) >= 11 is 0. The van der Waals surface area contributed by atoms with Crippen molar-refractivity contribution in [3.63, 3.8) is 0 Å². The molecule has 1 aliphatic rings. The van der Waals surface area contributed by atoms with E-state index in [1.54, 1.807) is 0 Å². The maximum Gasteiger partial charge on any atom is 0.106 e. The summed E-state index contributed by atoms with van der Waals surface area (Å²) in [4.78, 5) is 0. The van der Waals surface area contributed by atoms with Crippen LogP contribution in [-0.2, 0) is 0 Å². The largest absolute Gasteiger partial charge is 0.297 e. The van der Waals surface area contributed by atoms with E-state index < -0.39 is 0 Å². The molecule has 0 aromatic carbocycles. The number of nitriles is 1. The van der Waals surface area contributed by atoms with E-state index in [-0.39, 0.29) is 5.54 Å². The normalized spacial score (nSPS) is 21.8. The first-order chi connectivity index (χ1) is 4.68. The van der Waals surface area contributed by atoms with E-state index in [0.29, 0.717) is 6.04 Å². The maximum absolute atomic E-state index is 8.77. The van der Waals surface area contributed by atoms with E-state index in [2.05, 4.69) is 25.2 Å². The van der Waals surface area contributed by atoms with Gasteiger partial charge in [0.15, 0.2) is 0 Å². The quantitative estimate of drug-likeness (QED) is 0.626. The van der Waals surface area contributed by atoms with E-state index >= 15 is 0 Å². The molecule has 0 aromatic rings. The lowest BCUT2D eigenvalue weighted by molar-refractivity contribution is 0.237. The minimum Gasteiger partial charge on any atom is -0.297 e. The predicted octanol–water partition coefficient (Wildman–Crippen LogP) is 1.43. The van der Waals surface area contributed by atoms with Crippen LogP contribution < -0.4 is 5.32 Å². The first-order valence-electron chi connectivity index (χ1n) is 3.87. The van der Waals surface area contributed by atoms with E-state index in [9.17, 15) is 0 Å². The van der Waals surface area contributed by atoms with Gasteiger partial charge in [0, 0.05) is 6.04 Å². The van der Waals surface area contributed by atoms with Crippen molar-refractivity contribution in [2.45, 2.75) is 44.7 Å². The van der Waals surface area contributed by atoms with Gasteiger partial charge in [0.1, 0.15) is 5.54 Å². The fourth-order valence-corrected chi connectivity index (χ4v) is 1.37. The standard InChI is InChI=1S/C8H14N2/c1-7(2)10-8(6-9)4-3-5-8/h7,10H,3-5H2,1-2H3. The van der Waals surface area contributed by atoms with Crippen molar-refractivity contribution in [3.05, 3.63) is 0 Å². The minimum absolute atomic E-state index is 0.159. The Hall–Kier alpha value is -0.550. The van der Waals surface area contributed by atoms with Crippen molar-refractivity contribution in [2.75, 3.05) is 0 Å². The number of nitrogens with zero attached hydrogens (tertiary/aromatic N) is 1. The molecule has 1 aliphatic carbocycles. The Kier molecular flexibility index (Phi) is 1.96. The summed E-state index contributed by atoms with van der Waals surface area (Å²) < 4.78 is 0. The van der Waals surface area contributed by atoms with Crippen molar-refractivity contribution in [1.82, 2.24) is 5.32 Å². The molecule has 0 saturated heterocycles. The van der Waals surface area contributed by atoms with Crippen LogP contribution in [0.2, 0.25) is 0 Å². The molecule has 0 aromatic heterocycles. The highest BCUT2D eigenvalue weighted by molar-refractivity contribution is 5.12. The Bertz CT molecular complexity index is 151. The fourth-order valence-electron chi connectivity index (χ4n) is 1.37. The molecule has 0 radical (unpaired) electrons. The molecule has 1 N–H and O–H groups in total. The topological polar surface area (TPSA) is 35.8 Å². The Morgan fingerprint density at radius 1 is 1.50 bits per heavy atom. The zero-order valence-electron chi connectivity index (χ0n) is 6.65. The number of nitrogens with one attached hydrogen (secondary N) is 1. The van der Waals surface area contributed by atoms with Gasteiger partial charge in [0.25, 0.3) is 0 Å². The lowest BCUT2D eigenvalue weighted by Gasteiger charge is -2.37. The van der Waals surface area contributed by atoms with Crippen LogP contribution in [0.15, 0.2) is 0 Å². The molecule has 0 heterocycles. The molecule has 0 atom stereocenters. The summed E-state index contributed by atoms with van der Waals surface area (Å²) in [5.41, 5.74) is -0.159. The van der Waals surface area contributed by atoms with Crippen molar-refractivity contribution < 1.29 is 0 Å². The average Bonchev–Trinajstić information content (AvgIpc) is 1.78. The molecule has 56 valence electrons. The zero-order valence-corrected chi connectivity index (χ0v) is 6.65. The predicted molar refractivity (Wildman–Crippen MR) is 40.5 cm³/mol. The van der Waals surface area contributed by atoms with Gasteiger partial charge in [-0.05, 0) is 33.1 Å². The van der Waals surface area contributed by atoms with Crippen LogP contribution in [0.3, 0.4) is 0 Å². The van der Waals surface area contributed by atoms with E-state index in [4.69, 9.17) is 5.26 Å². The zero-order chi connectivity index (χ0) is 7.61. The van der Waals surface area contributed by atoms with Gasteiger partial charge in [-0.15, -0.1) is 0 Å². The van der Waals surface area contributed by atoms with E-state index in [1.165, 1.54) is 6.42 Å². The number of hydrogen-bond donors (Lipinski definition) is 1. The molecular weight excluding hydrogens is 124 g/mol. The van der Waals surface area contributed by atoms with Crippen LogP contribution in [0.25, 0.3) is 0 Å². The molecule has 1 saturated carbocycles. The SMILES string of the molecule is CC(C)NC1(C#N)CCC1. The first-order valence-corrected chi connectivity index (χ1v) is 3.87. The fraction of sp³-hybridized carbons (Fsp3) is 0.875. The highest BCUT2D eigenvalue weighted by Gasteiger charge is 2.36. The van der Waals surface area contributed by atoms with Gasteiger partial charge < -0.3 is 0 Å². The van der Waals surface area contributed by atoms with Crippen LogP contribution >= 0.6 is 0 Å². The molecule has 0 aliphatic heterocycles. The summed E-state index contributed by atoms with van der Waals surface area (Å²) in [6.45, 7) is 4.16.